The Hall–Kier alpha value is -0.860. The molecule has 0 fully saturated rings. The van der Waals surface area contributed by atoms with E-state index in [1.807, 2.05) is 0 Å². The fourth-order valence-corrected chi connectivity index (χ4v) is 2.52. The van der Waals surface area contributed by atoms with Crippen molar-refractivity contribution < 1.29 is 4.74 Å². The Balaban J connectivity index is 2.32. The van der Waals surface area contributed by atoms with Gasteiger partial charge in [0.1, 0.15) is 0 Å². The number of rotatable bonds is 3. The molecule has 0 aromatic heterocycles. The first-order chi connectivity index (χ1) is 7.54. The first-order valence-corrected chi connectivity index (χ1v) is 5.92. The van der Waals surface area contributed by atoms with Crippen molar-refractivity contribution in [1.82, 2.24) is 0 Å². The maximum atomic E-state index is 6.04. The Bertz CT molecular complexity index is 384. The molecule has 2 heteroatoms. The van der Waals surface area contributed by atoms with Crippen LogP contribution in [0, 0.1) is 0 Å². The number of fused-ring (bicyclic) bond motifs is 1. The van der Waals surface area contributed by atoms with Crippen molar-refractivity contribution in [3.8, 4) is 0 Å². The number of ether oxygens (including phenoxy) is 1. The van der Waals surface area contributed by atoms with Crippen LogP contribution in [-0.2, 0) is 16.6 Å². The van der Waals surface area contributed by atoms with E-state index in [2.05, 4.69) is 32.0 Å². The molecule has 2 nitrogen and oxygen atoms in total. The average Bonchev–Trinajstić information content (AvgIpc) is 2.60. The van der Waals surface area contributed by atoms with E-state index < -0.39 is 0 Å². The zero-order valence-electron chi connectivity index (χ0n) is 10.4. The molecule has 0 amide bonds. The van der Waals surface area contributed by atoms with Crippen LogP contribution in [0.15, 0.2) is 18.2 Å². The van der Waals surface area contributed by atoms with Crippen LogP contribution in [0.5, 0.6) is 0 Å². The molecule has 88 valence electrons. The lowest BCUT2D eigenvalue weighted by atomic mass is 9.84. The van der Waals surface area contributed by atoms with Crippen molar-refractivity contribution in [3.05, 3.63) is 34.9 Å². The molecule has 0 saturated carbocycles. The maximum Gasteiger partial charge on any atom is 0.0553 e. The minimum atomic E-state index is 0.0798. The first kappa shape index (κ1) is 11.6. The van der Waals surface area contributed by atoms with Crippen LogP contribution < -0.4 is 5.73 Å². The largest absolute Gasteiger partial charge is 0.384 e. The number of nitrogens with two attached hydrogens (primary N) is 1. The van der Waals surface area contributed by atoms with E-state index >= 15 is 0 Å². The van der Waals surface area contributed by atoms with Crippen molar-refractivity contribution >= 4 is 0 Å². The summed E-state index contributed by atoms with van der Waals surface area (Å²) in [5.41, 5.74) is 10.2. The second kappa shape index (κ2) is 4.19. The highest BCUT2D eigenvalue weighted by atomic mass is 16.5. The van der Waals surface area contributed by atoms with Crippen LogP contribution in [0.3, 0.4) is 0 Å². The molecule has 0 saturated heterocycles. The standard InChI is InChI=1S/C14H21NO/c1-14(2,9-16-3)11-5-6-12-10(8-11)4-7-13(12)15/h5-6,8,13H,4,7,9,15H2,1-3H3/t13-/m1/s1. The molecule has 0 bridgehead atoms. The first-order valence-electron chi connectivity index (χ1n) is 5.92. The molecule has 0 radical (unpaired) electrons. The summed E-state index contributed by atoms with van der Waals surface area (Å²) in [6.07, 6.45) is 2.21. The highest BCUT2D eigenvalue weighted by Gasteiger charge is 2.24. The molecule has 0 spiro atoms. The van der Waals surface area contributed by atoms with Gasteiger partial charge in [0.2, 0.25) is 0 Å². The lowest BCUT2D eigenvalue weighted by molar-refractivity contribution is 0.146. The van der Waals surface area contributed by atoms with Gasteiger partial charge in [-0.15, -0.1) is 0 Å². The summed E-state index contributed by atoms with van der Waals surface area (Å²) in [6.45, 7) is 5.18. The highest BCUT2D eigenvalue weighted by molar-refractivity contribution is 5.40. The molecule has 1 aromatic carbocycles. The molecule has 16 heavy (non-hydrogen) atoms. The molecule has 0 unspecified atom stereocenters. The van der Waals surface area contributed by atoms with Crippen LogP contribution in [-0.4, -0.2) is 13.7 Å². The third-order valence-corrected chi connectivity index (χ3v) is 3.55. The van der Waals surface area contributed by atoms with Gasteiger partial charge in [0, 0.05) is 18.6 Å². The molecule has 2 N–H and O–H groups in total. The van der Waals surface area contributed by atoms with Crippen molar-refractivity contribution in [2.75, 3.05) is 13.7 Å². The predicted octanol–water partition coefficient (Wildman–Crippen LogP) is 2.56. The number of methoxy groups -OCH3 is 1. The van der Waals surface area contributed by atoms with Crippen molar-refractivity contribution in [3.63, 3.8) is 0 Å². The number of hydrogen-bond donors (Lipinski definition) is 1. The molecule has 0 aliphatic heterocycles. The van der Waals surface area contributed by atoms with Crippen LogP contribution >= 0.6 is 0 Å². The van der Waals surface area contributed by atoms with E-state index in [1.165, 1.54) is 16.7 Å². The average molecular weight is 219 g/mol. The van der Waals surface area contributed by atoms with Gasteiger partial charge in [0.15, 0.2) is 0 Å². The van der Waals surface area contributed by atoms with Crippen molar-refractivity contribution in [2.45, 2.75) is 38.1 Å². The molecule has 2 rings (SSSR count). The van der Waals surface area contributed by atoms with E-state index in [4.69, 9.17) is 10.5 Å². The van der Waals surface area contributed by atoms with Gasteiger partial charge in [-0.1, -0.05) is 32.0 Å². The van der Waals surface area contributed by atoms with Gasteiger partial charge >= 0.3 is 0 Å². The Kier molecular flexibility index (Phi) is 3.04. The molecular formula is C14H21NO. The summed E-state index contributed by atoms with van der Waals surface area (Å²) in [5.74, 6) is 0. The quantitative estimate of drug-likeness (QED) is 0.848. The maximum absolute atomic E-state index is 6.04. The minimum Gasteiger partial charge on any atom is -0.384 e. The van der Waals surface area contributed by atoms with Gasteiger partial charge in [0.25, 0.3) is 0 Å². The zero-order valence-corrected chi connectivity index (χ0v) is 10.4. The third kappa shape index (κ3) is 2.00. The monoisotopic (exact) mass is 219 g/mol. The van der Waals surface area contributed by atoms with Gasteiger partial charge in [-0.05, 0) is 29.5 Å². The Morgan fingerprint density at radius 3 is 2.88 bits per heavy atom. The SMILES string of the molecule is COCC(C)(C)c1ccc2c(c1)CC[C@H]2N. The molecule has 1 aliphatic rings. The van der Waals surface area contributed by atoms with Crippen LogP contribution in [0.1, 0.15) is 43.0 Å². The van der Waals surface area contributed by atoms with Gasteiger partial charge in [-0.3, -0.25) is 0 Å². The molecule has 1 atom stereocenters. The lowest BCUT2D eigenvalue weighted by Crippen LogP contribution is -2.23. The minimum absolute atomic E-state index is 0.0798. The van der Waals surface area contributed by atoms with Gasteiger partial charge in [-0.2, -0.15) is 0 Å². The lowest BCUT2D eigenvalue weighted by Gasteiger charge is -2.25. The van der Waals surface area contributed by atoms with Crippen LogP contribution in [0.25, 0.3) is 0 Å². The van der Waals surface area contributed by atoms with E-state index in [0.29, 0.717) is 0 Å². The molecular weight excluding hydrogens is 198 g/mol. The molecule has 0 heterocycles. The summed E-state index contributed by atoms with van der Waals surface area (Å²) >= 11 is 0. The van der Waals surface area contributed by atoms with E-state index in [9.17, 15) is 0 Å². The Morgan fingerprint density at radius 1 is 1.44 bits per heavy atom. The normalized spacial score (nSPS) is 19.9. The predicted molar refractivity (Wildman–Crippen MR) is 66.6 cm³/mol. The molecule has 1 aliphatic carbocycles. The smallest absolute Gasteiger partial charge is 0.0553 e. The summed E-state index contributed by atoms with van der Waals surface area (Å²) in [6, 6.07) is 6.94. The second-order valence-electron chi connectivity index (χ2n) is 5.38. The number of aryl methyl sites for hydroxylation is 1. The van der Waals surface area contributed by atoms with Crippen LogP contribution in [0.4, 0.5) is 0 Å². The Labute approximate surface area is 97.8 Å². The Morgan fingerprint density at radius 2 is 2.19 bits per heavy atom. The van der Waals surface area contributed by atoms with E-state index in [1.54, 1.807) is 7.11 Å². The van der Waals surface area contributed by atoms with Gasteiger partial charge < -0.3 is 10.5 Å². The highest BCUT2D eigenvalue weighted by Crippen LogP contribution is 2.33. The van der Waals surface area contributed by atoms with Gasteiger partial charge in [-0.25, -0.2) is 0 Å². The van der Waals surface area contributed by atoms with Crippen molar-refractivity contribution in [2.24, 2.45) is 5.73 Å². The fourth-order valence-electron chi connectivity index (χ4n) is 2.52. The van der Waals surface area contributed by atoms with Crippen LogP contribution in [0.2, 0.25) is 0 Å². The summed E-state index contributed by atoms with van der Waals surface area (Å²) in [4.78, 5) is 0. The van der Waals surface area contributed by atoms with E-state index in [0.717, 1.165) is 19.4 Å². The topological polar surface area (TPSA) is 35.2 Å². The molecule has 1 aromatic rings. The number of hydrogen-bond acceptors (Lipinski definition) is 2. The van der Waals surface area contributed by atoms with Crippen molar-refractivity contribution in [1.29, 1.82) is 0 Å². The summed E-state index contributed by atoms with van der Waals surface area (Å²) in [5, 5.41) is 0. The second-order valence-corrected chi connectivity index (χ2v) is 5.38. The number of benzene rings is 1. The zero-order chi connectivity index (χ0) is 11.8. The van der Waals surface area contributed by atoms with Gasteiger partial charge in [0.05, 0.1) is 6.61 Å². The van der Waals surface area contributed by atoms with E-state index in [-0.39, 0.29) is 11.5 Å². The summed E-state index contributed by atoms with van der Waals surface area (Å²) < 4.78 is 5.28. The third-order valence-electron chi connectivity index (χ3n) is 3.55. The fraction of sp³-hybridized carbons (Fsp3) is 0.571. The summed E-state index contributed by atoms with van der Waals surface area (Å²) in [7, 11) is 1.75.